The average molecular weight is 164 g/mol. The second kappa shape index (κ2) is 3.42. The Bertz CT molecular complexity index is 205. The van der Waals surface area contributed by atoms with Crippen molar-refractivity contribution in [2.24, 2.45) is 11.8 Å². The smallest absolute Gasteiger partial charge is 0.158 e. The molecule has 1 nitrogen and oxygen atoms in total. The van der Waals surface area contributed by atoms with E-state index in [-0.39, 0.29) is 0 Å². The Morgan fingerprint density at radius 1 is 1.25 bits per heavy atom. The van der Waals surface area contributed by atoms with Crippen LogP contribution >= 0.6 is 0 Å². The first kappa shape index (κ1) is 8.03. The third kappa shape index (κ3) is 1.77. The molecule has 0 amide bonds. The number of carbonyl (C=O) groups is 1. The monoisotopic (exact) mass is 164 g/mol. The van der Waals surface area contributed by atoms with Crippen LogP contribution in [0.5, 0.6) is 0 Å². The van der Waals surface area contributed by atoms with E-state index >= 15 is 0 Å². The van der Waals surface area contributed by atoms with Gasteiger partial charge in [-0.1, -0.05) is 18.9 Å². The normalized spacial score (nSPS) is 38.5. The Balaban J connectivity index is 1.95. The molecule has 0 N–H and O–H groups in total. The van der Waals surface area contributed by atoms with Gasteiger partial charge in [0.1, 0.15) is 0 Å². The van der Waals surface area contributed by atoms with Gasteiger partial charge in [-0.25, -0.2) is 0 Å². The highest BCUT2D eigenvalue weighted by Crippen LogP contribution is 2.43. The van der Waals surface area contributed by atoms with Gasteiger partial charge in [-0.2, -0.15) is 0 Å². The third-order valence-electron chi connectivity index (χ3n) is 3.02. The minimum absolute atomic E-state index is 0.391. The SMILES string of the molecule is O=C1/C=C\CCCCC[C@H]2C[C@@H]12. The van der Waals surface area contributed by atoms with Crippen LogP contribution in [-0.2, 0) is 4.79 Å². The third-order valence-corrected chi connectivity index (χ3v) is 3.02. The molecule has 0 aliphatic heterocycles. The predicted octanol–water partition coefficient (Wildman–Crippen LogP) is 2.71. The molecule has 2 aliphatic rings. The van der Waals surface area contributed by atoms with Crippen LogP contribution in [0.15, 0.2) is 12.2 Å². The maximum Gasteiger partial charge on any atom is 0.158 e. The van der Waals surface area contributed by atoms with Gasteiger partial charge in [0.2, 0.25) is 0 Å². The molecule has 0 unspecified atom stereocenters. The van der Waals surface area contributed by atoms with Crippen molar-refractivity contribution in [2.75, 3.05) is 0 Å². The van der Waals surface area contributed by atoms with Crippen LogP contribution in [0, 0.1) is 11.8 Å². The van der Waals surface area contributed by atoms with Crippen molar-refractivity contribution in [2.45, 2.75) is 38.5 Å². The van der Waals surface area contributed by atoms with Gasteiger partial charge in [0, 0.05) is 5.92 Å². The summed E-state index contributed by atoms with van der Waals surface area (Å²) in [6.07, 6.45) is 11.4. The first-order chi connectivity index (χ1) is 5.88. The Hall–Kier alpha value is -0.590. The molecule has 0 aromatic carbocycles. The number of carbonyl (C=O) groups excluding carboxylic acids is 1. The second-order valence-corrected chi connectivity index (χ2v) is 4.05. The summed E-state index contributed by atoms with van der Waals surface area (Å²) < 4.78 is 0. The van der Waals surface area contributed by atoms with E-state index in [1.807, 2.05) is 6.08 Å². The lowest BCUT2D eigenvalue weighted by Gasteiger charge is -2.00. The van der Waals surface area contributed by atoms with Crippen LogP contribution in [0.3, 0.4) is 0 Å². The average Bonchev–Trinajstić information content (AvgIpc) is 2.82. The van der Waals surface area contributed by atoms with Crippen molar-refractivity contribution in [3.63, 3.8) is 0 Å². The topological polar surface area (TPSA) is 17.1 Å². The van der Waals surface area contributed by atoms with Gasteiger partial charge in [0.25, 0.3) is 0 Å². The number of fused-ring (bicyclic) bond motifs is 1. The van der Waals surface area contributed by atoms with Gasteiger partial charge in [-0.05, 0) is 37.7 Å². The Kier molecular flexibility index (Phi) is 2.29. The lowest BCUT2D eigenvalue weighted by Crippen LogP contribution is -1.98. The molecule has 0 radical (unpaired) electrons. The van der Waals surface area contributed by atoms with E-state index in [0.29, 0.717) is 11.7 Å². The largest absolute Gasteiger partial charge is 0.295 e. The van der Waals surface area contributed by atoms with Crippen LogP contribution < -0.4 is 0 Å². The minimum atomic E-state index is 0.391. The van der Waals surface area contributed by atoms with Crippen molar-refractivity contribution in [3.8, 4) is 0 Å². The van der Waals surface area contributed by atoms with E-state index in [4.69, 9.17) is 0 Å². The molecule has 12 heavy (non-hydrogen) atoms. The van der Waals surface area contributed by atoms with Crippen LogP contribution in [0.25, 0.3) is 0 Å². The van der Waals surface area contributed by atoms with Crippen molar-refractivity contribution in [1.29, 1.82) is 0 Å². The van der Waals surface area contributed by atoms with E-state index < -0.39 is 0 Å². The second-order valence-electron chi connectivity index (χ2n) is 4.05. The molecule has 0 aromatic rings. The minimum Gasteiger partial charge on any atom is -0.295 e. The number of rotatable bonds is 0. The van der Waals surface area contributed by atoms with E-state index in [9.17, 15) is 4.79 Å². The van der Waals surface area contributed by atoms with Gasteiger partial charge in [-0.15, -0.1) is 0 Å². The molecule has 2 rings (SSSR count). The molecular formula is C11H16O. The quantitative estimate of drug-likeness (QED) is 0.538. The van der Waals surface area contributed by atoms with Crippen molar-refractivity contribution < 1.29 is 4.79 Å². The fourth-order valence-corrected chi connectivity index (χ4v) is 2.08. The number of hydrogen-bond acceptors (Lipinski definition) is 1. The summed E-state index contributed by atoms with van der Waals surface area (Å²) in [6, 6.07) is 0. The number of ketones is 1. The van der Waals surface area contributed by atoms with E-state index in [1.54, 1.807) is 0 Å². The predicted molar refractivity (Wildman–Crippen MR) is 48.8 cm³/mol. The maximum absolute atomic E-state index is 11.4. The molecule has 0 spiro atoms. The zero-order valence-corrected chi connectivity index (χ0v) is 7.46. The summed E-state index contributed by atoms with van der Waals surface area (Å²) in [5.41, 5.74) is 0. The Labute approximate surface area is 73.8 Å². The molecule has 66 valence electrons. The van der Waals surface area contributed by atoms with Crippen LogP contribution in [0.1, 0.15) is 38.5 Å². The van der Waals surface area contributed by atoms with Crippen LogP contribution in [0.4, 0.5) is 0 Å². The Morgan fingerprint density at radius 3 is 3.08 bits per heavy atom. The summed E-state index contributed by atoms with van der Waals surface area (Å²) in [7, 11) is 0. The highest BCUT2D eigenvalue weighted by Gasteiger charge is 2.40. The molecule has 0 saturated heterocycles. The molecule has 0 heterocycles. The molecular weight excluding hydrogens is 148 g/mol. The fourth-order valence-electron chi connectivity index (χ4n) is 2.08. The maximum atomic E-state index is 11.4. The molecule has 2 atom stereocenters. The summed E-state index contributed by atoms with van der Waals surface area (Å²) >= 11 is 0. The van der Waals surface area contributed by atoms with Crippen molar-refractivity contribution in [3.05, 3.63) is 12.2 Å². The molecule has 0 aromatic heterocycles. The van der Waals surface area contributed by atoms with E-state index in [2.05, 4.69) is 6.08 Å². The van der Waals surface area contributed by atoms with Gasteiger partial charge < -0.3 is 0 Å². The van der Waals surface area contributed by atoms with Gasteiger partial charge in [0.15, 0.2) is 5.78 Å². The zero-order valence-electron chi connectivity index (χ0n) is 7.46. The highest BCUT2D eigenvalue weighted by molar-refractivity contribution is 5.93. The molecule has 2 aliphatic carbocycles. The van der Waals surface area contributed by atoms with Gasteiger partial charge in [0.05, 0.1) is 0 Å². The highest BCUT2D eigenvalue weighted by atomic mass is 16.1. The van der Waals surface area contributed by atoms with E-state index in [1.165, 1.54) is 32.1 Å². The first-order valence-corrected chi connectivity index (χ1v) is 5.08. The number of allylic oxidation sites excluding steroid dienone is 2. The number of hydrogen-bond donors (Lipinski definition) is 0. The van der Waals surface area contributed by atoms with Crippen molar-refractivity contribution in [1.82, 2.24) is 0 Å². The molecule has 1 fully saturated rings. The first-order valence-electron chi connectivity index (χ1n) is 5.08. The van der Waals surface area contributed by atoms with Crippen LogP contribution in [0.2, 0.25) is 0 Å². The fraction of sp³-hybridized carbons (Fsp3) is 0.727. The lowest BCUT2D eigenvalue weighted by atomic mass is 10.0. The molecule has 0 bridgehead atoms. The van der Waals surface area contributed by atoms with Gasteiger partial charge in [-0.3, -0.25) is 4.79 Å². The standard InChI is InChI=1S/C11H16O/c12-11-7-5-3-1-2-4-6-9-8-10(9)11/h5,7,9-10H,1-4,6,8H2/b7-5-/t9-,10+/m0/s1. The molecule has 1 saturated carbocycles. The lowest BCUT2D eigenvalue weighted by molar-refractivity contribution is -0.116. The summed E-state index contributed by atoms with van der Waals surface area (Å²) in [5, 5.41) is 0. The summed E-state index contributed by atoms with van der Waals surface area (Å²) in [4.78, 5) is 11.4. The van der Waals surface area contributed by atoms with Gasteiger partial charge >= 0.3 is 0 Å². The van der Waals surface area contributed by atoms with Crippen LogP contribution in [-0.4, -0.2) is 5.78 Å². The molecule has 1 heteroatoms. The zero-order chi connectivity index (χ0) is 8.39. The Morgan fingerprint density at radius 2 is 2.17 bits per heavy atom. The van der Waals surface area contributed by atoms with Crippen molar-refractivity contribution >= 4 is 5.78 Å². The van der Waals surface area contributed by atoms with E-state index in [0.717, 1.165) is 12.3 Å². The summed E-state index contributed by atoms with van der Waals surface area (Å²) in [5.74, 6) is 1.56. The summed E-state index contributed by atoms with van der Waals surface area (Å²) in [6.45, 7) is 0.